The minimum absolute atomic E-state index is 0.0486. The van der Waals surface area contributed by atoms with Gasteiger partial charge in [-0.2, -0.15) is 0 Å². The molecule has 0 spiro atoms. The molecule has 2 aromatic rings. The molecule has 1 fully saturated rings. The molecule has 3 amide bonds. The minimum Gasteiger partial charge on any atom is -0.457 e. The van der Waals surface area contributed by atoms with Crippen molar-refractivity contribution in [3.8, 4) is 11.5 Å². The van der Waals surface area contributed by atoms with E-state index >= 15 is 0 Å². The molecule has 2 aromatic carbocycles. The van der Waals surface area contributed by atoms with Gasteiger partial charge in [-0.3, -0.25) is 14.4 Å². The number of nitrogens with one attached hydrogen (secondary N) is 2. The van der Waals surface area contributed by atoms with E-state index in [1.165, 1.54) is 0 Å². The molecule has 7 heteroatoms. The molecule has 224 valence electrons. The predicted molar refractivity (Wildman–Crippen MR) is 163 cm³/mol. The molecule has 2 N–H and O–H groups in total. The van der Waals surface area contributed by atoms with Crippen LogP contribution in [-0.2, 0) is 20.9 Å². The molecule has 1 unspecified atom stereocenters. The lowest BCUT2D eigenvalue weighted by atomic mass is 9.81. The van der Waals surface area contributed by atoms with Gasteiger partial charge in [0.15, 0.2) is 0 Å². The van der Waals surface area contributed by atoms with Crippen LogP contribution < -0.4 is 15.4 Å². The minimum atomic E-state index is -0.589. The third-order valence-corrected chi connectivity index (χ3v) is 7.66. The van der Waals surface area contributed by atoms with E-state index in [2.05, 4.69) is 31.4 Å². The maximum atomic E-state index is 13.8. The van der Waals surface area contributed by atoms with E-state index in [9.17, 15) is 14.4 Å². The number of ether oxygens (including phenoxy) is 1. The summed E-state index contributed by atoms with van der Waals surface area (Å²) < 4.78 is 5.99. The van der Waals surface area contributed by atoms with Crippen LogP contribution in [0.2, 0.25) is 0 Å². The van der Waals surface area contributed by atoms with E-state index in [0.717, 1.165) is 49.2 Å². The first-order chi connectivity index (χ1) is 19.8. The molecule has 0 aliphatic carbocycles. The van der Waals surface area contributed by atoms with E-state index in [-0.39, 0.29) is 23.6 Å². The molecule has 1 saturated heterocycles. The topological polar surface area (TPSA) is 87.7 Å². The largest absolute Gasteiger partial charge is 0.457 e. The van der Waals surface area contributed by atoms with E-state index in [4.69, 9.17) is 4.74 Å². The quantitative estimate of drug-likeness (QED) is 0.243. The molecular formula is C34H49N3O4. The van der Waals surface area contributed by atoms with E-state index in [1.807, 2.05) is 66.4 Å². The summed E-state index contributed by atoms with van der Waals surface area (Å²) in [5, 5.41) is 6.15. The molecule has 1 aliphatic rings. The maximum absolute atomic E-state index is 13.8. The zero-order valence-corrected chi connectivity index (χ0v) is 25.4. The molecule has 0 radical (unpaired) electrons. The number of unbranched alkanes of at least 4 members (excludes halogenated alkanes) is 1. The number of rotatable bonds is 15. The Bertz CT molecular complexity index is 1100. The van der Waals surface area contributed by atoms with Gasteiger partial charge in [0.25, 0.3) is 0 Å². The van der Waals surface area contributed by atoms with Crippen molar-refractivity contribution in [2.75, 3.05) is 13.1 Å². The summed E-state index contributed by atoms with van der Waals surface area (Å²) in [4.78, 5) is 42.5. The van der Waals surface area contributed by atoms with Crippen LogP contribution in [0.3, 0.4) is 0 Å². The molecule has 3 rings (SSSR count). The van der Waals surface area contributed by atoms with Crippen LogP contribution >= 0.6 is 0 Å². The highest BCUT2D eigenvalue weighted by atomic mass is 16.5. The van der Waals surface area contributed by atoms with Gasteiger partial charge in [0.2, 0.25) is 17.7 Å². The van der Waals surface area contributed by atoms with E-state index in [1.54, 1.807) is 0 Å². The molecule has 0 saturated carbocycles. The van der Waals surface area contributed by atoms with Crippen LogP contribution in [0.25, 0.3) is 0 Å². The second-order valence-corrected chi connectivity index (χ2v) is 11.7. The Kier molecular flexibility index (Phi) is 13.2. The van der Waals surface area contributed by atoms with E-state index < -0.39 is 17.9 Å². The fourth-order valence-corrected chi connectivity index (χ4v) is 5.53. The smallest absolute Gasteiger partial charge is 0.245 e. The molecule has 7 nitrogen and oxygen atoms in total. The summed E-state index contributed by atoms with van der Waals surface area (Å²) in [6.45, 7) is 10.0. The van der Waals surface area contributed by atoms with Crippen LogP contribution in [0.5, 0.6) is 11.5 Å². The summed E-state index contributed by atoms with van der Waals surface area (Å²) >= 11 is 0. The van der Waals surface area contributed by atoms with Gasteiger partial charge in [-0.15, -0.1) is 0 Å². The third kappa shape index (κ3) is 10.2. The van der Waals surface area contributed by atoms with Gasteiger partial charge in [0.1, 0.15) is 17.5 Å². The lowest BCUT2D eigenvalue weighted by Crippen LogP contribution is -2.51. The summed E-state index contributed by atoms with van der Waals surface area (Å²) in [6.07, 6.45) is 6.33. The lowest BCUT2D eigenvalue weighted by Gasteiger charge is -2.30. The Labute approximate surface area is 246 Å². The van der Waals surface area contributed by atoms with Gasteiger partial charge < -0.3 is 20.3 Å². The number of hydrogen-bond donors (Lipinski definition) is 2. The van der Waals surface area contributed by atoms with Gasteiger partial charge in [0.05, 0.1) is 0 Å². The Morgan fingerprint density at radius 1 is 0.951 bits per heavy atom. The van der Waals surface area contributed by atoms with Crippen molar-refractivity contribution >= 4 is 17.7 Å². The molecule has 41 heavy (non-hydrogen) atoms. The molecule has 3 atom stereocenters. The fourth-order valence-electron chi connectivity index (χ4n) is 5.53. The zero-order chi connectivity index (χ0) is 29.6. The van der Waals surface area contributed by atoms with Crippen LogP contribution in [0.1, 0.15) is 84.6 Å². The number of benzene rings is 2. The van der Waals surface area contributed by atoms with Gasteiger partial charge in [-0.1, -0.05) is 70.9 Å². The number of nitrogens with zero attached hydrogens (tertiary/aromatic N) is 1. The number of hydrogen-bond acceptors (Lipinski definition) is 4. The molecule has 0 bridgehead atoms. The first-order valence-corrected chi connectivity index (χ1v) is 15.5. The highest BCUT2D eigenvalue weighted by Crippen LogP contribution is 2.27. The van der Waals surface area contributed by atoms with Crippen molar-refractivity contribution in [3.63, 3.8) is 0 Å². The lowest BCUT2D eigenvalue weighted by molar-refractivity contribution is -0.140. The molecule has 0 aromatic heterocycles. The highest BCUT2D eigenvalue weighted by Gasteiger charge is 2.36. The van der Waals surface area contributed by atoms with Crippen LogP contribution in [-0.4, -0.2) is 41.8 Å². The monoisotopic (exact) mass is 563 g/mol. The standard InChI is InChI=1S/C34H49N3O4/c1-5-7-20-35-32(38)29(14-6-2)30(22-25(3)4)33(39)36-31-19-11-12-21-37(34(31)40)24-26-15-13-18-28(23-26)41-27-16-9-8-10-17-27/h8-10,13,15-18,23,25,29-31H,5-7,11-12,14,19-22,24H2,1-4H3,(H,35,38)(H,36,39)/t29-,30?,31-/m0/s1. The average Bonchev–Trinajstić information content (AvgIpc) is 3.12. The highest BCUT2D eigenvalue weighted by molar-refractivity contribution is 5.91. The molecule has 1 heterocycles. The Morgan fingerprint density at radius 2 is 1.71 bits per heavy atom. The Morgan fingerprint density at radius 3 is 2.41 bits per heavy atom. The number of carbonyl (C=O) groups is 3. The second-order valence-electron chi connectivity index (χ2n) is 11.7. The van der Waals surface area contributed by atoms with Crippen molar-refractivity contribution in [3.05, 3.63) is 60.2 Å². The Balaban J connectivity index is 1.71. The molecular weight excluding hydrogens is 514 g/mol. The summed E-state index contributed by atoms with van der Waals surface area (Å²) in [5.41, 5.74) is 0.975. The van der Waals surface area contributed by atoms with Crippen LogP contribution in [0, 0.1) is 17.8 Å². The van der Waals surface area contributed by atoms with Gasteiger partial charge in [-0.05, 0) is 74.3 Å². The first kappa shape index (κ1) is 32.2. The normalized spacial score (nSPS) is 17.0. The number of para-hydroxylation sites is 1. The van der Waals surface area contributed by atoms with Crippen LogP contribution in [0.4, 0.5) is 0 Å². The predicted octanol–water partition coefficient (Wildman–Crippen LogP) is 6.47. The van der Waals surface area contributed by atoms with Crippen molar-refractivity contribution in [1.82, 2.24) is 15.5 Å². The number of amides is 3. The summed E-state index contributed by atoms with van der Waals surface area (Å²) in [5.74, 6) is 0.574. The Hall–Kier alpha value is -3.35. The number of carbonyl (C=O) groups excluding carboxylic acids is 3. The average molecular weight is 564 g/mol. The first-order valence-electron chi connectivity index (χ1n) is 15.5. The molecule has 1 aliphatic heterocycles. The van der Waals surface area contributed by atoms with Gasteiger partial charge >= 0.3 is 0 Å². The van der Waals surface area contributed by atoms with Crippen molar-refractivity contribution in [2.45, 2.75) is 91.6 Å². The van der Waals surface area contributed by atoms with Gasteiger partial charge in [-0.25, -0.2) is 0 Å². The summed E-state index contributed by atoms with van der Waals surface area (Å²) in [6, 6.07) is 16.8. The van der Waals surface area contributed by atoms with Crippen LogP contribution in [0.15, 0.2) is 54.6 Å². The summed E-state index contributed by atoms with van der Waals surface area (Å²) in [7, 11) is 0. The van der Waals surface area contributed by atoms with Gasteiger partial charge in [0, 0.05) is 31.5 Å². The second kappa shape index (κ2) is 16.8. The van der Waals surface area contributed by atoms with Crippen molar-refractivity contribution in [2.24, 2.45) is 17.8 Å². The number of likely N-dealkylation sites (tertiary alicyclic amines) is 1. The maximum Gasteiger partial charge on any atom is 0.245 e. The zero-order valence-electron chi connectivity index (χ0n) is 25.4. The van der Waals surface area contributed by atoms with E-state index in [0.29, 0.717) is 38.9 Å². The van der Waals surface area contributed by atoms with Crippen molar-refractivity contribution in [1.29, 1.82) is 0 Å². The third-order valence-electron chi connectivity index (χ3n) is 7.66. The fraction of sp³-hybridized carbons (Fsp3) is 0.559. The van der Waals surface area contributed by atoms with Crippen molar-refractivity contribution < 1.29 is 19.1 Å². The SMILES string of the molecule is CCCCNC(=O)[C@@H](CCC)C(CC(C)C)C(=O)N[C@H]1CCCCN(Cc2cccc(Oc3ccccc3)c2)C1=O.